The van der Waals surface area contributed by atoms with E-state index in [0.29, 0.717) is 5.76 Å². The van der Waals surface area contributed by atoms with Gasteiger partial charge in [-0.25, -0.2) is 9.59 Å². The van der Waals surface area contributed by atoms with Crippen molar-refractivity contribution in [3.8, 4) is 0 Å². The zero-order chi connectivity index (χ0) is 14.4. The van der Waals surface area contributed by atoms with Crippen molar-refractivity contribution in [2.45, 2.75) is 25.4 Å². The number of carboxylic acid groups (broad SMARTS) is 2. The summed E-state index contributed by atoms with van der Waals surface area (Å²) in [7, 11) is 0. The first-order chi connectivity index (χ1) is 8.90. The fraction of sp³-hybridized carbons (Fsp3) is 0.364. The second-order valence-electron chi connectivity index (χ2n) is 3.84. The number of hydrogen-bond acceptors (Lipinski definition) is 4. The molecule has 2 atom stereocenters. The third kappa shape index (κ3) is 4.70. The van der Waals surface area contributed by atoms with Crippen LogP contribution in [-0.4, -0.2) is 34.2 Å². The molecule has 0 spiro atoms. The van der Waals surface area contributed by atoms with Gasteiger partial charge in [-0.15, -0.1) is 0 Å². The van der Waals surface area contributed by atoms with Crippen LogP contribution in [0.2, 0.25) is 0 Å². The molecule has 19 heavy (non-hydrogen) atoms. The largest absolute Gasteiger partial charge is 0.481 e. The van der Waals surface area contributed by atoms with Crippen LogP contribution in [0.4, 0.5) is 4.79 Å². The van der Waals surface area contributed by atoms with E-state index in [4.69, 9.17) is 14.6 Å². The van der Waals surface area contributed by atoms with E-state index >= 15 is 0 Å². The molecule has 0 radical (unpaired) electrons. The molecular weight excluding hydrogens is 256 g/mol. The van der Waals surface area contributed by atoms with Crippen molar-refractivity contribution in [1.82, 2.24) is 10.6 Å². The van der Waals surface area contributed by atoms with Crippen LogP contribution in [0.15, 0.2) is 22.8 Å². The van der Waals surface area contributed by atoms with E-state index in [1.54, 1.807) is 19.1 Å². The van der Waals surface area contributed by atoms with Crippen LogP contribution in [0.1, 0.15) is 25.1 Å². The average Bonchev–Trinajstić information content (AvgIpc) is 2.80. The molecule has 1 rings (SSSR count). The molecule has 0 bridgehead atoms. The summed E-state index contributed by atoms with van der Waals surface area (Å²) in [6.45, 7) is 1.64. The summed E-state index contributed by atoms with van der Waals surface area (Å²) in [4.78, 5) is 32.7. The maximum absolute atomic E-state index is 11.5. The first-order valence-electron chi connectivity index (χ1n) is 5.45. The van der Waals surface area contributed by atoms with Gasteiger partial charge in [0.25, 0.3) is 0 Å². The number of aliphatic carboxylic acids is 2. The summed E-state index contributed by atoms with van der Waals surface area (Å²) in [5, 5.41) is 21.8. The van der Waals surface area contributed by atoms with Gasteiger partial charge in [0.15, 0.2) is 0 Å². The zero-order valence-corrected chi connectivity index (χ0v) is 10.1. The van der Waals surface area contributed by atoms with Crippen LogP contribution in [0.5, 0.6) is 0 Å². The van der Waals surface area contributed by atoms with Crippen molar-refractivity contribution in [2.24, 2.45) is 0 Å². The summed E-state index contributed by atoms with van der Waals surface area (Å²) in [5.74, 6) is -2.23. The maximum Gasteiger partial charge on any atom is 0.326 e. The monoisotopic (exact) mass is 270 g/mol. The number of carbonyl (C=O) groups is 3. The number of carboxylic acids is 2. The van der Waals surface area contributed by atoms with Gasteiger partial charge in [0.05, 0.1) is 18.7 Å². The smallest absolute Gasteiger partial charge is 0.326 e. The van der Waals surface area contributed by atoms with Gasteiger partial charge in [0.1, 0.15) is 11.8 Å². The number of amides is 2. The van der Waals surface area contributed by atoms with E-state index in [9.17, 15) is 14.4 Å². The highest BCUT2D eigenvalue weighted by Gasteiger charge is 2.23. The van der Waals surface area contributed by atoms with Crippen molar-refractivity contribution in [3.63, 3.8) is 0 Å². The van der Waals surface area contributed by atoms with Crippen molar-refractivity contribution in [2.75, 3.05) is 0 Å². The molecule has 1 heterocycles. The lowest BCUT2D eigenvalue weighted by Gasteiger charge is -2.16. The molecule has 8 nitrogen and oxygen atoms in total. The van der Waals surface area contributed by atoms with Gasteiger partial charge in [0.2, 0.25) is 0 Å². The maximum atomic E-state index is 11.5. The molecule has 0 fully saturated rings. The average molecular weight is 270 g/mol. The van der Waals surface area contributed by atoms with Crippen LogP contribution in [0, 0.1) is 0 Å². The molecule has 1 aromatic heterocycles. The lowest BCUT2D eigenvalue weighted by Crippen LogP contribution is -2.47. The number of rotatable bonds is 6. The lowest BCUT2D eigenvalue weighted by molar-refractivity contribution is -0.145. The van der Waals surface area contributed by atoms with Gasteiger partial charge in [-0.05, 0) is 19.1 Å². The minimum absolute atomic E-state index is 0.464. The normalized spacial score (nSPS) is 13.3. The Bertz CT molecular complexity index is 456. The van der Waals surface area contributed by atoms with E-state index in [1.165, 1.54) is 6.26 Å². The SMILES string of the molecule is CC(NC(=O)N[C@@H](CC(=O)O)C(=O)O)c1ccco1. The predicted octanol–water partition coefficient (Wildman–Crippen LogP) is 0.568. The lowest BCUT2D eigenvalue weighted by atomic mass is 10.2. The number of carbonyl (C=O) groups excluding carboxylic acids is 1. The first-order valence-corrected chi connectivity index (χ1v) is 5.45. The van der Waals surface area contributed by atoms with Crippen LogP contribution in [0.3, 0.4) is 0 Å². The Labute approximate surface area is 108 Å². The van der Waals surface area contributed by atoms with Crippen LogP contribution in [-0.2, 0) is 9.59 Å². The van der Waals surface area contributed by atoms with Gasteiger partial charge in [-0.2, -0.15) is 0 Å². The van der Waals surface area contributed by atoms with Gasteiger partial charge in [-0.1, -0.05) is 0 Å². The summed E-state index contributed by atoms with van der Waals surface area (Å²) in [6.07, 6.45) is 0.744. The zero-order valence-electron chi connectivity index (χ0n) is 10.1. The highest BCUT2D eigenvalue weighted by atomic mass is 16.4. The number of furan rings is 1. The summed E-state index contributed by atoms with van der Waals surface area (Å²) in [6, 6.07) is 0.570. The second kappa shape index (κ2) is 6.43. The Balaban J connectivity index is 2.53. The Morgan fingerprint density at radius 2 is 2.00 bits per heavy atom. The number of urea groups is 1. The second-order valence-corrected chi connectivity index (χ2v) is 3.84. The van der Waals surface area contributed by atoms with E-state index in [2.05, 4.69) is 10.6 Å². The van der Waals surface area contributed by atoms with Crippen LogP contribution >= 0.6 is 0 Å². The van der Waals surface area contributed by atoms with Crippen LogP contribution < -0.4 is 10.6 Å². The quantitative estimate of drug-likeness (QED) is 0.598. The van der Waals surface area contributed by atoms with Crippen molar-refractivity contribution in [1.29, 1.82) is 0 Å². The number of hydrogen-bond donors (Lipinski definition) is 4. The fourth-order valence-corrected chi connectivity index (χ4v) is 1.38. The van der Waals surface area contributed by atoms with Gasteiger partial charge >= 0.3 is 18.0 Å². The molecule has 8 heteroatoms. The molecule has 0 aliphatic rings. The standard InChI is InChI=1S/C11H14N2O6/c1-6(8-3-2-4-19-8)12-11(18)13-7(10(16)17)5-9(14)15/h2-4,6-7H,5H2,1H3,(H,14,15)(H,16,17)(H2,12,13,18)/t6?,7-/m0/s1. The van der Waals surface area contributed by atoms with E-state index in [0.717, 1.165) is 0 Å². The van der Waals surface area contributed by atoms with Gasteiger partial charge in [-0.3, -0.25) is 4.79 Å². The highest BCUT2D eigenvalue weighted by molar-refractivity contribution is 5.86. The molecule has 0 aliphatic carbocycles. The molecule has 104 valence electrons. The molecule has 2 amide bonds. The molecule has 1 aromatic rings. The molecule has 0 saturated heterocycles. The minimum Gasteiger partial charge on any atom is -0.481 e. The van der Waals surface area contributed by atoms with Crippen molar-refractivity contribution < 1.29 is 29.0 Å². The number of nitrogens with one attached hydrogen (secondary N) is 2. The molecular formula is C11H14N2O6. The first kappa shape index (κ1) is 14.6. The minimum atomic E-state index is -1.48. The summed E-state index contributed by atoms with van der Waals surface area (Å²) < 4.78 is 5.06. The molecule has 0 saturated carbocycles. The Morgan fingerprint density at radius 3 is 2.47 bits per heavy atom. The van der Waals surface area contributed by atoms with Crippen molar-refractivity contribution >= 4 is 18.0 Å². The van der Waals surface area contributed by atoms with Gasteiger partial charge < -0.3 is 25.3 Å². The molecule has 4 N–H and O–H groups in total. The third-order valence-electron chi connectivity index (χ3n) is 2.30. The molecule has 1 unspecified atom stereocenters. The van der Waals surface area contributed by atoms with E-state index < -0.39 is 36.5 Å². The predicted molar refractivity (Wildman–Crippen MR) is 62.5 cm³/mol. The van der Waals surface area contributed by atoms with Gasteiger partial charge in [0, 0.05) is 0 Å². The molecule has 0 aromatic carbocycles. The fourth-order valence-electron chi connectivity index (χ4n) is 1.38. The van der Waals surface area contributed by atoms with Crippen LogP contribution in [0.25, 0.3) is 0 Å². The van der Waals surface area contributed by atoms with E-state index in [1.807, 2.05) is 0 Å². The summed E-state index contributed by atoms with van der Waals surface area (Å²) in [5.41, 5.74) is 0. The summed E-state index contributed by atoms with van der Waals surface area (Å²) >= 11 is 0. The Kier molecular flexibility index (Phi) is 4.92. The van der Waals surface area contributed by atoms with E-state index in [-0.39, 0.29) is 0 Å². The van der Waals surface area contributed by atoms with Crippen molar-refractivity contribution in [3.05, 3.63) is 24.2 Å². The Morgan fingerprint density at radius 1 is 1.32 bits per heavy atom. The topological polar surface area (TPSA) is 129 Å². The Hall–Kier alpha value is -2.51. The highest BCUT2D eigenvalue weighted by Crippen LogP contribution is 2.11. The third-order valence-corrected chi connectivity index (χ3v) is 2.30. The molecule has 0 aliphatic heterocycles.